The van der Waals surface area contributed by atoms with E-state index in [2.05, 4.69) is 31.9 Å². The van der Waals surface area contributed by atoms with Crippen molar-refractivity contribution < 1.29 is 14.3 Å². The SMILES string of the molecule is C[N]C(=O)CC(OC(C)(C)C)N1CCc2c(cccc2NC(=O)Nc2ccc(C)nc2)C1. The molecule has 0 bridgehead atoms. The molecule has 1 atom stereocenters. The number of rotatable bonds is 6. The molecule has 1 unspecified atom stereocenters. The van der Waals surface area contributed by atoms with E-state index in [1.807, 2.05) is 52.0 Å². The Morgan fingerprint density at radius 1 is 1.22 bits per heavy atom. The first-order valence-electron chi connectivity index (χ1n) is 10.8. The molecule has 1 aromatic carbocycles. The molecule has 0 saturated carbocycles. The molecule has 0 spiro atoms. The van der Waals surface area contributed by atoms with Gasteiger partial charge in [-0.2, -0.15) is 0 Å². The second-order valence-corrected chi connectivity index (χ2v) is 8.94. The summed E-state index contributed by atoms with van der Waals surface area (Å²) in [4.78, 5) is 30.9. The molecular weight excluding hydrogens is 406 g/mol. The molecule has 3 rings (SSSR count). The molecular formula is C24H32N5O3. The number of aryl methyl sites for hydroxylation is 1. The average Bonchev–Trinajstić information content (AvgIpc) is 2.73. The number of pyridine rings is 1. The zero-order valence-electron chi connectivity index (χ0n) is 19.4. The highest BCUT2D eigenvalue weighted by atomic mass is 16.5. The predicted octanol–water partition coefficient (Wildman–Crippen LogP) is 3.68. The Kier molecular flexibility index (Phi) is 7.48. The summed E-state index contributed by atoms with van der Waals surface area (Å²) in [5, 5.41) is 9.55. The van der Waals surface area contributed by atoms with E-state index in [4.69, 9.17) is 4.74 Å². The minimum Gasteiger partial charge on any atom is -0.357 e. The highest BCUT2D eigenvalue weighted by Crippen LogP contribution is 2.29. The minimum atomic E-state index is -0.384. The van der Waals surface area contributed by atoms with Gasteiger partial charge in [0.2, 0.25) is 5.91 Å². The van der Waals surface area contributed by atoms with Gasteiger partial charge in [0, 0.05) is 31.5 Å². The highest BCUT2D eigenvalue weighted by Gasteiger charge is 2.30. The van der Waals surface area contributed by atoms with Crippen LogP contribution in [0.2, 0.25) is 0 Å². The fraction of sp³-hybridized carbons (Fsp3) is 0.458. The molecule has 171 valence electrons. The topological polar surface area (TPSA) is 97.7 Å². The van der Waals surface area contributed by atoms with E-state index in [0.29, 0.717) is 18.8 Å². The van der Waals surface area contributed by atoms with Gasteiger partial charge >= 0.3 is 6.03 Å². The number of nitrogens with zero attached hydrogens (tertiary/aromatic N) is 3. The van der Waals surface area contributed by atoms with Crippen molar-refractivity contribution in [1.29, 1.82) is 0 Å². The van der Waals surface area contributed by atoms with Crippen LogP contribution < -0.4 is 16.0 Å². The van der Waals surface area contributed by atoms with Crippen molar-refractivity contribution >= 4 is 23.3 Å². The van der Waals surface area contributed by atoms with Gasteiger partial charge in [-0.05, 0) is 63.4 Å². The number of carbonyl (C=O) groups excluding carboxylic acids is 2. The maximum absolute atomic E-state index is 12.5. The summed E-state index contributed by atoms with van der Waals surface area (Å²) in [6.45, 7) is 9.19. The van der Waals surface area contributed by atoms with Crippen LogP contribution in [-0.4, -0.2) is 47.2 Å². The first-order chi connectivity index (χ1) is 15.1. The van der Waals surface area contributed by atoms with Crippen LogP contribution in [0.5, 0.6) is 0 Å². The second-order valence-electron chi connectivity index (χ2n) is 8.94. The summed E-state index contributed by atoms with van der Waals surface area (Å²) in [7, 11) is 1.51. The monoisotopic (exact) mass is 438 g/mol. The molecule has 8 nitrogen and oxygen atoms in total. The van der Waals surface area contributed by atoms with E-state index in [9.17, 15) is 9.59 Å². The Labute approximate surface area is 189 Å². The van der Waals surface area contributed by atoms with Gasteiger partial charge in [0.1, 0.15) is 6.23 Å². The fourth-order valence-corrected chi connectivity index (χ4v) is 3.71. The smallest absolute Gasteiger partial charge is 0.323 e. The van der Waals surface area contributed by atoms with Crippen LogP contribution in [0.3, 0.4) is 0 Å². The summed E-state index contributed by atoms with van der Waals surface area (Å²) in [5.41, 5.74) is 4.13. The van der Waals surface area contributed by atoms with E-state index in [1.54, 1.807) is 6.20 Å². The molecule has 8 heteroatoms. The molecule has 32 heavy (non-hydrogen) atoms. The third-order valence-electron chi connectivity index (χ3n) is 5.21. The number of amides is 3. The lowest BCUT2D eigenvalue weighted by Gasteiger charge is -2.38. The maximum Gasteiger partial charge on any atom is 0.323 e. The van der Waals surface area contributed by atoms with Crippen molar-refractivity contribution in [2.75, 3.05) is 24.2 Å². The largest absolute Gasteiger partial charge is 0.357 e. The molecule has 0 fully saturated rings. The van der Waals surface area contributed by atoms with Crippen LogP contribution in [0.25, 0.3) is 0 Å². The molecule has 1 aliphatic heterocycles. The Morgan fingerprint density at radius 2 is 2.00 bits per heavy atom. The number of benzene rings is 1. The molecule has 2 aromatic rings. The van der Waals surface area contributed by atoms with Gasteiger partial charge in [0.15, 0.2) is 0 Å². The number of urea groups is 1. The van der Waals surface area contributed by atoms with Crippen molar-refractivity contribution in [3.63, 3.8) is 0 Å². The van der Waals surface area contributed by atoms with Crippen LogP contribution in [0.15, 0.2) is 36.5 Å². The molecule has 1 radical (unpaired) electrons. The minimum absolute atomic E-state index is 0.178. The van der Waals surface area contributed by atoms with Gasteiger partial charge in [0.25, 0.3) is 0 Å². The zero-order chi connectivity index (χ0) is 23.3. The average molecular weight is 439 g/mol. The van der Waals surface area contributed by atoms with Gasteiger partial charge in [-0.25, -0.2) is 4.79 Å². The summed E-state index contributed by atoms with van der Waals surface area (Å²) in [6, 6.07) is 9.24. The van der Waals surface area contributed by atoms with E-state index in [1.165, 1.54) is 7.05 Å². The summed E-state index contributed by atoms with van der Waals surface area (Å²) >= 11 is 0. The van der Waals surface area contributed by atoms with Crippen LogP contribution in [0.1, 0.15) is 44.0 Å². The number of anilines is 2. The Bertz CT molecular complexity index is 953. The quantitative estimate of drug-likeness (QED) is 0.717. The number of aromatic nitrogens is 1. The number of hydrogen-bond acceptors (Lipinski definition) is 5. The van der Waals surface area contributed by atoms with Crippen molar-refractivity contribution in [3.8, 4) is 0 Å². The summed E-state index contributed by atoms with van der Waals surface area (Å²) in [5.74, 6) is -0.178. The van der Waals surface area contributed by atoms with Crippen molar-refractivity contribution in [1.82, 2.24) is 15.2 Å². The molecule has 0 saturated heterocycles. The first-order valence-corrected chi connectivity index (χ1v) is 10.8. The molecule has 1 aromatic heterocycles. The fourth-order valence-electron chi connectivity index (χ4n) is 3.71. The van der Waals surface area contributed by atoms with Gasteiger partial charge in [-0.1, -0.05) is 12.1 Å². The van der Waals surface area contributed by atoms with E-state index in [0.717, 1.165) is 28.9 Å². The van der Waals surface area contributed by atoms with Crippen LogP contribution >= 0.6 is 0 Å². The van der Waals surface area contributed by atoms with E-state index in [-0.39, 0.29) is 30.2 Å². The number of nitrogens with one attached hydrogen (secondary N) is 2. The zero-order valence-corrected chi connectivity index (χ0v) is 19.4. The third-order valence-corrected chi connectivity index (χ3v) is 5.21. The van der Waals surface area contributed by atoms with Gasteiger partial charge < -0.3 is 15.4 Å². The molecule has 1 aliphatic rings. The van der Waals surface area contributed by atoms with E-state index >= 15 is 0 Å². The van der Waals surface area contributed by atoms with Crippen molar-refractivity contribution in [3.05, 3.63) is 53.3 Å². The highest BCUT2D eigenvalue weighted by molar-refractivity contribution is 6.00. The second kappa shape index (κ2) is 10.1. The van der Waals surface area contributed by atoms with Gasteiger partial charge in [-0.3, -0.25) is 20.0 Å². The first kappa shape index (κ1) is 23.7. The van der Waals surface area contributed by atoms with Crippen LogP contribution in [0.4, 0.5) is 16.2 Å². The van der Waals surface area contributed by atoms with Gasteiger partial charge in [-0.15, -0.1) is 0 Å². The lowest BCUT2D eigenvalue weighted by Crippen LogP contribution is -2.46. The Hall–Kier alpha value is -2.97. The number of fused-ring (bicyclic) bond motifs is 1. The Morgan fingerprint density at radius 3 is 2.66 bits per heavy atom. The lowest BCUT2D eigenvalue weighted by molar-refractivity contribution is -0.152. The lowest BCUT2D eigenvalue weighted by atomic mass is 9.97. The van der Waals surface area contributed by atoms with Crippen molar-refractivity contribution in [2.24, 2.45) is 0 Å². The third kappa shape index (κ3) is 6.51. The normalized spacial score (nSPS) is 14.9. The Balaban J connectivity index is 1.71. The molecule has 3 amide bonds. The number of ether oxygens (including phenoxy) is 1. The molecule has 2 N–H and O–H groups in total. The van der Waals surface area contributed by atoms with Crippen molar-refractivity contribution in [2.45, 2.75) is 58.9 Å². The van der Waals surface area contributed by atoms with Crippen LogP contribution in [0, 0.1) is 6.92 Å². The van der Waals surface area contributed by atoms with Gasteiger partial charge in [0.05, 0.1) is 23.9 Å². The standard InChI is InChI=1S/C24H32N5O3/c1-16-9-10-18(14-26-16)27-23(31)28-20-8-6-7-17-15-29(12-11-19(17)20)22(13-21(30)25-5)32-24(2,3)4/h6-10,14,22H,11-13,15H2,1-5H3,(H2,27,28,31). The number of hydrogen-bond donors (Lipinski definition) is 2. The predicted molar refractivity (Wildman–Crippen MR) is 124 cm³/mol. The molecule has 2 heterocycles. The summed E-state index contributed by atoms with van der Waals surface area (Å²) < 4.78 is 6.19. The summed E-state index contributed by atoms with van der Waals surface area (Å²) in [6.07, 6.45) is 2.23. The van der Waals surface area contributed by atoms with Crippen LogP contribution in [-0.2, 0) is 22.5 Å². The maximum atomic E-state index is 12.5. The molecule has 0 aliphatic carbocycles. The van der Waals surface area contributed by atoms with E-state index < -0.39 is 0 Å². The number of carbonyl (C=O) groups is 2.